The van der Waals surface area contributed by atoms with Gasteiger partial charge in [0.05, 0.1) is 12.0 Å². The van der Waals surface area contributed by atoms with Gasteiger partial charge in [0.25, 0.3) is 0 Å². The van der Waals surface area contributed by atoms with Crippen molar-refractivity contribution in [2.75, 3.05) is 18.0 Å². The molecule has 5 heteroatoms. The summed E-state index contributed by atoms with van der Waals surface area (Å²) in [5.41, 5.74) is 0.861. The number of aliphatic hydroxyl groups is 1. The van der Waals surface area contributed by atoms with Gasteiger partial charge in [0, 0.05) is 24.8 Å². The number of amides is 1. The molecule has 3 atom stereocenters. The highest BCUT2D eigenvalue weighted by Gasteiger charge is 2.33. The van der Waals surface area contributed by atoms with Gasteiger partial charge >= 0.3 is 0 Å². The Morgan fingerprint density at radius 1 is 1.27 bits per heavy atom. The molecule has 3 unspecified atom stereocenters. The molecule has 2 N–H and O–H groups in total. The van der Waals surface area contributed by atoms with E-state index in [0.29, 0.717) is 6.54 Å². The summed E-state index contributed by atoms with van der Waals surface area (Å²) in [6, 6.07) is 6.65. The van der Waals surface area contributed by atoms with Crippen LogP contribution in [0.2, 0.25) is 0 Å². The van der Waals surface area contributed by atoms with Gasteiger partial charge in [0.15, 0.2) is 0 Å². The molecule has 0 aromatic heterocycles. The summed E-state index contributed by atoms with van der Waals surface area (Å²) in [5.74, 6) is -0.529. The summed E-state index contributed by atoms with van der Waals surface area (Å²) in [6.45, 7) is 1.57. The van der Waals surface area contributed by atoms with Gasteiger partial charge in [-0.1, -0.05) is 6.07 Å². The second-order valence-corrected chi connectivity index (χ2v) is 6.38. The molecule has 1 aromatic rings. The van der Waals surface area contributed by atoms with Crippen molar-refractivity contribution in [1.29, 1.82) is 0 Å². The smallest absolute Gasteiger partial charge is 0.225 e. The fourth-order valence-electron chi connectivity index (χ4n) is 3.56. The lowest BCUT2D eigenvalue weighted by Crippen LogP contribution is -2.50. The quantitative estimate of drug-likeness (QED) is 0.899. The first-order valence-electron chi connectivity index (χ1n) is 8.12. The third-order valence-electron chi connectivity index (χ3n) is 4.76. The van der Waals surface area contributed by atoms with E-state index in [2.05, 4.69) is 10.2 Å². The first-order valence-corrected chi connectivity index (χ1v) is 8.12. The number of halogens is 1. The SMILES string of the molecule is O=C(NC1CCCN(c2cccc(F)c2)C1)C1CCCC1O. The fourth-order valence-corrected chi connectivity index (χ4v) is 3.56. The van der Waals surface area contributed by atoms with E-state index in [1.807, 2.05) is 6.07 Å². The topological polar surface area (TPSA) is 52.6 Å². The van der Waals surface area contributed by atoms with Crippen LogP contribution in [0.1, 0.15) is 32.1 Å². The summed E-state index contributed by atoms with van der Waals surface area (Å²) in [6.07, 6.45) is 3.81. The molecule has 1 saturated carbocycles. The van der Waals surface area contributed by atoms with Crippen LogP contribution < -0.4 is 10.2 Å². The molecule has 1 aromatic carbocycles. The minimum Gasteiger partial charge on any atom is -0.392 e. The number of hydrogen-bond acceptors (Lipinski definition) is 3. The molecule has 1 amide bonds. The van der Waals surface area contributed by atoms with Crippen LogP contribution in [0.4, 0.5) is 10.1 Å². The van der Waals surface area contributed by atoms with E-state index in [0.717, 1.165) is 44.3 Å². The van der Waals surface area contributed by atoms with Crippen LogP contribution in [0.5, 0.6) is 0 Å². The normalized spacial score (nSPS) is 28.6. The Morgan fingerprint density at radius 3 is 2.86 bits per heavy atom. The maximum absolute atomic E-state index is 13.4. The van der Waals surface area contributed by atoms with Gasteiger partial charge in [0.2, 0.25) is 5.91 Å². The zero-order valence-electron chi connectivity index (χ0n) is 12.7. The summed E-state index contributed by atoms with van der Waals surface area (Å²) in [4.78, 5) is 14.4. The van der Waals surface area contributed by atoms with Crippen molar-refractivity contribution >= 4 is 11.6 Å². The van der Waals surface area contributed by atoms with Crippen molar-refractivity contribution in [2.24, 2.45) is 5.92 Å². The summed E-state index contributed by atoms with van der Waals surface area (Å²) < 4.78 is 13.4. The van der Waals surface area contributed by atoms with Crippen molar-refractivity contribution in [3.63, 3.8) is 0 Å². The highest BCUT2D eigenvalue weighted by molar-refractivity contribution is 5.80. The van der Waals surface area contributed by atoms with E-state index >= 15 is 0 Å². The molecule has 1 aliphatic carbocycles. The second kappa shape index (κ2) is 6.65. The molecule has 22 heavy (non-hydrogen) atoms. The number of hydrogen-bond donors (Lipinski definition) is 2. The molecule has 4 nitrogen and oxygen atoms in total. The number of carbonyl (C=O) groups is 1. The molecule has 1 heterocycles. The van der Waals surface area contributed by atoms with Gasteiger partial charge in [0.1, 0.15) is 5.82 Å². The Labute approximate surface area is 130 Å². The highest BCUT2D eigenvalue weighted by atomic mass is 19.1. The Kier molecular flexibility index (Phi) is 4.62. The van der Waals surface area contributed by atoms with Crippen LogP contribution >= 0.6 is 0 Å². The van der Waals surface area contributed by atoms with Crippen molar-refractivity contribution in [3.8, 4) is 0 Å². The van der Waals surface area contributed by atoms with E-state index in [4.69, 9.17) is 0 Å². The number of benzene rings is 1. The van der Waals surface area contributed by atoms with Crippen LogP contribution in [-0.4, -0.2) is 36.2 Å². The maximum atomic E-state index is 13.4. The van der Waals surface area contributed by atoms with Gasteiger partial charge < -0.3 is 15.3 Å². The van der Waals surface area contributed by atoms with Crippen LogP contribution in [0.15, 0.2) is 24.3 Å². The van der Waals surface area contributed by atoms with Crippen LogP contribution in [0, 0.1) is 11.7 Å². The number of nitrogens with one attached hydrogen (secondary N) is 1. The second-order valence-electron chi connectivity index (χ2n) is 6.38. The lowest BCUT2D eigenvalue weighted by molar-refractivity contribution is -0.128. The zero-order chi connectivity index (χ0) is 15.5. The number of anilines is 1. The van der Waals surface area contributed by atoms with E-state index in [9.17, 15) is 14.3 Å². The van der Waals surface area contributed by atoms with Crippen molar-refractivity contribution in [1.82, 2.24) is 5.32 Å². The fraction of sp³-hybridized carbons (Fsp3) is 0.588. The molecule has 0 radical (unpaired) electrons. The molecular weight excluding hydrogens is 283 g/mol. The Morgan fingerprint density at radius 2 is 2.14 bits per heavy atom. The molecule has 1 aliphatic heterocycles. The molecule has 1 saturated heterocycles. The lowest BCUT2D eigenvalue weighted by Gasteiger charge is -2.35. The van der Waals surface area contributed by atoms with Gasteiger partial charge in [-0.15, -0.1) is 0 Å². The standard InChI is InChI=1S/C17H23FN2O2/c18-12-4-1-6-14(10-12)20-9-3-5-13(11-20)19-17(22)15-7-2-8-16(15)21/h1,4,6,10,13,15-16,21H,2-3,5,7-9,11H2,(H,19,22). The van der Waals surface area contributed by atoms with Crippen LogP contribution in [0.25, 0.3) is 0 Å². The molecule has 0 spiro atoms. The van der Waals surface area contributed by atoms with E-state index < -0.39 is 6.10 Å². The average Bonchev–Trinajstić information content (AvgIpc) is 2.94. The summed E-state index contributed by atoms with van der Waals surface area (Å²) >= 11 is 0. The van der Waals surface area contributed by atoms with Crippen LogP contribution in [-0.2, 0) is 4.79 Å². The van der Waals surface area contributed by atoms with Gasteiger partial charge in [-0.2, -0.15) is 0 Å². The Bertz CT molecular complexity index is 537. The lowest BCUT2D eigenvalue weighted by atomic mass is 10.0. The number of rotatable bonds is 3. The number of aliphatic hydroxyl groups excluding tert-OH is 1. The number of carbonyl (C=O) groups excluding carboxylic acids is 1. The predicted molar refractivity (Wildman–Crippen MR) is 83.1 cm³/mol. The maximum Gasteiger partial charge on any atom is 0.225 e. The van der Waals surface area contributed by atoms with Gasteiger partial charge in [-0.05, 0) is 50.3 Å². The minimum atomic E-state index is -0.497. The summed E-state index contributed by atoms with van der Waals surface area (Å²) in [7, 11) is 0. The number of piperidine rings is 1. The predicted octanol–water partition coefficient (Wildman–Crippen LogP) is 2.07. The molecule has 120 valence electrons. The van der Waals surface area contributed by atoms with E-state index in [-0.39, 0.29) is 23.7 Å². The summed E-state index contributed by atoms with van der Waals surface area (Å²) in [5, 5.41) is 12.9. The largest absolute Gasteiger partial charge is 0.392 e. The highest BCUT2D eigenvalue weighted by Crippen LogP contribution is 2.26. The van der Waals surface area contributed by atoms with Gasteiger partial charge in [-0.25, -0.2) is 4.39 Å². The first kappa shape index (κ1) is 15.3. The number of nitrogens with zero attached hydrogens (tertiary/aromatic N) is 1. The molecule has 2 aliphatic rings. The minimum absolute atomic E-state index is 0.0314. The molecular formula is C17H23FN2O2. The Hall–Kier alpha value is -1.62. The van der Waals surface area contributed by atoms with E-state index in [1.165, 1.54) is 12.1 Å². The van der Waals surface area contributed by atoms with Gasteiger partial charge in [-0.3, -0.25) is 4.79 Å². The third kappa shape index (κ3) is 3.40. The van der Waals surface area contributed by atoms with Crippen molar-refractivity contribution in [3.05, 3.63) is 30.1 Å². The van der Waals surface area contributed by atoms with Crippen molar-refractivity contribution < 1.29 is 14.3 Å². The van der Waals surface area contributed by atoms with Crippen molar-refractivity contribution in [2.45, 2.75) is 44.2 Å². The first-order chi connectivity index (χ1) is 10.6. The Balaban J connectivity index is 1.60. The zero-order valence-corrected chi connectivity index (χ0v) is 12.7. The monoisotopic (exact) mass is 306 g/mol. The average molecular weight is 306 g/mol. The van der Waals surface area contributed by atoms with Crippen LogP contribution in [0.3, 0.4) is 0 Å². The molecule has 0 bridgehead atoms. The van der Waals surface area contributed by atoms with E-state index in [1.54, 1.807) is 6.07 Å². The molecule has 2 fully saturated rings. The molecule has 3 rings (SSSR count). The third-order valence-corrected chi connectivity index (χ3v) is 4.76.